The van der Waals surface area contributed by atoms with Crippen LogP contribution in [-0.4, -0.2) is 22.0 Å². The van der Waals surface area contributed by atoms with Crippen molar-refractivity contribution in [3.8, 4) is 5.75 Å². The molecule has 0 aliphatic carbocycles. The molecule has 0 atom stereocenters. The molecule has 0 aliphatic rings. The highest BCUT2D eigenvalue weighted by molar-refractivity contribution is 5.86. The van der Waals surface area contributed by atoms with Gasteiger partial charge in [-0.2, -0.15) is 0 Å². The SMILES string of the molecule is CC(C)(C)OC(=O)Nc1ccc(O)cc1CNO. The highest BCUT2D eigenvalue weighted by Crippen LogP contribution is 2.22. The summed E-state index contributed by atoms with van der Waals surface area (Å²) in [6.45, 7) is 5.39. The number of hydrogen-bond acceptors (Lipinski definition) is 5. The summed E-state index contributed by atoms with van der Waals surface area (Å²) in [7, 11) is 0. The molecule has 0 aromatic heterocycles. The minimum absolute atomic E-state index is 0.0509. The second kappa shape index (κ2) is 5.70. The molecule has 1 rings (SSSR count). The van der Waals surface area contributed by atoms with Crippen LogP contribution in [0.1, 0.15) is 26.3 Å². The van der Waals surface area contributed by atoms with E-state index in [1.54, 1.807) is 20.8 Å². The molecule has 18 heavy (non-hydrogen) atoms. The number of carbonyl (C=O) groups excluding carboxylic acids is 1. The molecule has 4 N–H and O–H groups in total. The Hall–Kier alpha value is -1.79. The van der Waals surface area contributed by atoms with Crippen molar-refractivity contribution in [1.82, 2.24) is 5.48 Å². The average Bonchev–Trinajstić information content (AvgIpc) is 2.20. The highest BCUT2D eigenvalue weighted by Gasteiger charge is 2.17. The zero-order valence-corrected chi connectivity index (χ0v) is 10.7. The van der Waals surface area contributed by atoms with Crippen LogP contribution in [0.15, 0.2) is 18.2 Å². The van der Waals surface area contributed by atoms with Gasteiger partial charge in [0.1, 0.15) is 11.4 Å². The number of benzene rings is 1. The van der Waals surface area contributed by atoms with Crippen molar-refractivity contribution in [3.05, 3.63) is 23.8 Å². The van der Waals surface area contributed by atoms with Gasteiger partial charge in [-0.25, -0.2) is 10.3 Å². The lowest BCUT2D eigenvalue weighted by molar-refractivity contribution is 0.0635. The Morgan fingerprint density at radius 3 is 2.61 bits per heavy atom. The van der Waals surface area contributed by atoms with Gasteiger partial charge in [0.2, 0.25) is 0 Å². The maximum absolute atomic E-state index is 11.6. The summed E-state index contributed by atoms with van der Waals surface area (Å²) in [6, 6.07) is 4.41. The van der Waals surface area contributed by atoms with Crippen LogP contribution in [0.3, 0.4) is 0 Å². The van der Waals surface area contributed by atoms with Gasteiger partial charge in [-0.15, -0.1) is 0 Å². The summed E-state index contributed by atoms with van der Waals surface area (Å²) in [5.74, 6) is 0.0509. The Balaban J connectivity index is 2.80. The molecule has 0 spiro atoms. The zero-order chi connectivity index (χ0) is 13.8. The van der Waals surface area contributed by atoms with Crippen molar-refractivity contribution in [2.45, 2.75) is 32.9 Å². The van der Waals surface area contributed by atoms with Crippen LogP contribution in [0, 0.1) is 0 Å². The molecule has 0 aliphatic heterocycles. The van der Waals surface area contributed by atoms with Gasteiger partial charge in [0.15, 0.2) is 0 Å². The van der Waals surface area contributed by atoms with E-state index in [-0.39, 0.29) is 12.3 Å². The number of phenols is 1. The maximum atomic E-state index is 11.6. The number of ether oxygens (including phenoxy) is 1. The first-order valence-corrected chi connectivity index (χ1v) is 5.50. The first-order chi connectivity index (χ1) is 8.31. The molecule has 0 saturated heterocycles. The van der Waals surface area contributed by atoms with Crippen molar-refractivity contribution in [2.75, 3.05) is 5.32 Å². The van der Waals surface area contributed by atoms with E-state index in [1.807, 2.05) is 5.48 Å². The largest absolute Gasteiger partial charge is 0.508 e. The average molecular weight is 254 g/mol. The topological polar surface area (TPSA) is 90.8 Å². The molecule has 1 amide bonds. The number of anilines is 1. The van der Waals surface area contributed by atoms with Gasteiger partial charge in [-0.05, 0) is 44.5 Å². The van der Waals surface area contributed by atoms with E-state index in [1.165, 1.54) is 18.2 Å². The third-order valence-corrected chi connectivity index (χ3v) is 1.99. The monoisotopic (exact) mass is 254 g/mol. The number of carbonyl (C=O) groups is 1. The summed E-state index contributed by atoms with van der Waals surface area (Å²) in [5, 5.41) is 20.6. The molecule has 6 heteroatoms. The van der Waals surface area contributed by atoms with E-state index in [9.17, 15) is 9.90 Å². The second-order valence-electron chi connectivity index (χ2n) is 4.80. The molecule has 0 saturated carbocycles. The fraction of sp³-hybridized carbons (Fsp3) is 0.417. The van der Waals surface area contributed by atoms with Gasteiger partial charge in [0.25, 0.3) is 0 Å². The predicted octanol–water partition coefficient (Wildman–Crippen LogP) is 2.22. The van der Waals surface area contributed by atoms with E-state index in [2.05, 4.69) is 5.32 Å². The van der Waals surface area contributed by atoms with Crippen LogP contribution in [0.5, 0.6) is 5.75 Å². The van der Waals surface area contributed by atoms with Crippen molar-refractivity contribution in [2.24, 2.45) is 0 Å². The smallest absolute Gasteiger partial charge is 0.412 e. The number of phenolic OH excluding ortho intramolecular Hbond substituents is 1. The molecule has 1 aromatic rings. The van der Waals surface area contributed by atoms with Crippen LogP contribution in [0.25, 0.3) is 0 Å². The molecule has 1 aromatic carbocycles. The number of aromatic hydroxyl groups is 1. The number of hydroxylamine groups is 1. The molecule has 0 fully saturated rings. The predicted molar refractivity (Wildman–Crippen MR) is 66.6 cm³/mol. The van der Waals surface area contributed by atoms with Crippen LogP contribution in [0.2, 0.25) is 0 Å². The molecule has 0 radical (unpaired) electrons. The van der Waals surface area contributed by atoms with E-state index in [4.69, 9.17) is 9.94 Å². The normalized spacial score (nSPS) is 11.1. The maximum Gasteiger partial charge on any atom is 0.412 e. The lowest BCUT2D eigenvalue weighted by Crippen LogP contribution is -2.27. The zero-order valence-electron chi connectivity index (χ0n) is 10.7. The fourth-order valence-corrected chi connectivity index (χ4v) is 1.35. The quantitative estimate of drug-likeness (QED) is 0.490. The highest BCUT2D eigenvalue weighted by atomic mass is 16.6. The molecule has 100 valence electrons. The molecule has 6 nitrogen and oxygen atoms in total. The Kier molecular flexibility index (Phi) is 4.52. The Morgan fingerprint density at radius 1 is 1.39 bits per heavy atom. The summed E-state index contributed by atoms with van der Waals surface area (Å²) < 4.78 is 5.11. The van der Waals surface area contributed by atoms with Gasteiger partial charge in [0, 0.05) is 12.2 Å². The van der Waals surface area contributed by atoms with Crippen molar-refractivity contribution < 1.29 is 19.8 Å². The van der Waals surface area contributed by atoms with Gasteiger partial charge < -0.3 is 15.1 Å². The van der Waals surface area contributed by atoms with Crippen LogP contribution >= 0.6 is 0 Å². The molecule has 0 unspecified atom stereocenters. The first kappa shape index (κ1) is 14.3. The molecular formula is C12H18N2O4. The summed E-state index contributed by atoms with van der Waals surface area (Å²) in [6.07, 6.45) is -0.590. The molecular weight excluding hydrogens is 236 g/mol. The number of hydrogen-bond donors (Lipinski definition) is 4. The third-order valence-electron chi connectivity index (χ3n) is 1.99. The fourth-order valence-electron chi connectivity index (χ4n) is 1.35. The summed E-state index contributed by atoms with van der Waals surface area (Å²) in [5.41, 5.74) is 2.39. The van der Waals surface area contributed by atoms with Gasteiger partial charge >= 0.3 is 6.09 Å². The van der Waals surface area contributed by atoms with Crippen molar-refractivity contribution in [3.63, 3.8) is 0 Å². The molecule has 0 heterocycles. The minimum Gasteiger partial charge on any atom is -0.508 e. The number of rotatable bonds is 3. The van der Waals surface area contributed by atoms with E-state index < -0.39 is 11.7 Å². The number of nitrogens with one attached hydrogen (secondary N) is 2. The van der Waals surface area contributed by atoms with Crippen molar-refractivity contribution >= 4 is 11.8 Å². The summed E-state index contributed by atoms with van der Waals surface area (Å²) in [4.78, 5) is 11.6. The van der Waals surface area contributed by atoms with Crippen LogP contribution < -0.4 is 10.8 Å². The third kappa shape index (κ3) is 4.60. The van der Waals surface area contributed by atoms with E-state index >= 15 is 0 Å². The Bertz CT molecular complexity index is 427. The van der Waals surface area contributed by atoms with Crippen LogP contribution in [0.4, 0.5) is 10.5 Å². The minimum atomic E-state index is -0.590. The standard InChI is InChI=1S/C12H18N2O4/c1-12(2,3)18-11(16)14-10-5-4-9(15)6-8(10)7-13-17/h4-6,13,15,17H,7H2,1-3H3,(H,14,16). The van der Waals surface area contributed by atoms with E-state index in [0.29, 0.717) is 11.3 Å². The van der Waals surface area contributed by atoms with Crippen molar-refractivity contribution in [1.29, 1.82) is 0 Å². The van der Waals surface area contributed by atoms with Gasteiger partial charge in [-0.3, -0.25) is 5.32 Å². The second-order valence-corrected chi connectivity index (χ2v) is 4.80. The Morgan fingerprint density at radius 2 is 2.06 bits per heavy atom. The van der Waals surface area contributed by atoms with E-state index in [0.717, 1.165) is 0 Å². The lowest BCUT2D eigenvalue weighted by Gasteiger charge is -2.20. The van der Waals surface area contributed by atoms with Gasteiger partial charge in [0.05, 0.1) is 0 Å². The van der Waals surface area contributed by atoms with Gasteiger partial charge in [-0.1, -0.05) is 0 Å². The first-order valence-electron chi connectivity index (χ1n) is 5.50. The Labute approximate surface area is 106 Å². The van der Waals surface area contributed by atoms with Crippen LogP contribution in [-0.2, 0) is 11.3 Å². The lowest BCUT2D eigenvalue weighted by atomic mass is 10.1. The number of amides is 1. The molecule has 0 bridgehead atoms. The summed E-state index contributed by atoms with van der Waals surface area (Å²) >= 11 is 0.